The molecule has 1 aromatic heterocycles. The first kappa shape index (κ1) is 20.3. The molecular formula is C22H19Cl2NO3. The van der Waals surface area contributed by atoms with Gasteiger partial charge in [-0.25, -0.2) is 4.79 Å². The van der Waals surface area contributed by atoms with Gasteiger partial charge in [-0.15, -0.1) is 0 Å². The van der Waals surface area contributed by atoms with E-state index in [1.165, 1.54) is 6.20 Å². The molecular weight excluding hydrogens is 397 g/mol. The van der Waals surface area contributed by atoms with Crippen molar-refractivity contribution >= 4 is 29.2 Å². The van der Waals surface area contributed by atoms with Gasteiger partial charge in [0.15, 0.2) is 0 Å². The van der Waals surface area contributed by atoms with Crippen molar-refractivity contribution in [2.24, 2.45) is 0 Å². The summed E-state index contributed by atoms with van der Waals surface area (Å²) >= 11 is 12.0. The molecule has 0 amide bonds. The van der Waals surface area contributed by atoms with E-state index in [1.807, 2.05) is 24.3 Å². The van der Waals surface area contributed by atoms with Crippen LogP contribution < -0.4 is 0 Å². The lowest BCUT2D eigenvalue weighted by molar-refractivity contribution is 0.0525. The van der Waals surface area contributed by atoms with Gasteiger partial charge >= 0.3 is 5.97 Å². The Labute approximate surface area is 173 Å². The van der Waals surface area contributed by atoms with Crippen molar-refractivity contribution in [1.82, 2.24) is 4.98 Å². The maximum atomic E-state index is 11.8. The number of hydrogen-bond acceptors (Lipinski definition) is 4. The Morgan fingerprint density at radius 2 is 1.50 bits per heavy atom. The van der Waals surface area contributed by atoms with Crippen molar-refractivity contribution in [2.45, 2.75) is 18.9 Å². The monoisotopic (exact) mass is 415 g/mol. The largest absolute Gasteiger partial charge is 0.462 e. The molecule has 1 atom stereocenters. The summed E-state index contributed by atoms with van der Waals surface area (Å²) < 4.78 is 4.97. The van der Waals surface area contributed by atoms with Crippen LogP contribution in [-0.4, -0.2) is 22.7 Å². The van der Waals surface area contributed by atoms with Crippen LogP contribution in [0.15, 0.2) is 66.9 Å². The first-order valence-electron chi connectivity index (χ1n) is 8.81. The number of rotatable bonds is 6. The van der Waals surface area contributed by atoms with Crippen molar-refractivity contribution in [3.8, 4) is 0 Å². The molecule has 0 bridgehead atoms. The predicted octanol–water partition coefficient (Wildman–Crippen LogP) is 5.43. The fraction of sp³-hybridized carbons (Fsp3) is 0.182. The normalized spacial score (nSPS) is 12.0. The predicted molar refractivity (Wildman–Crippen MR) is 110 cm³/mol. The number of esters is 1. The van der Waals surface area contributed by atoms with Gasteiger partial charge in [-0.2, -0.15) is 0 Å². The molecule has 3 aromatic rings. The Morgan fingerprint density at radius 1 is 0.964 bits per heavy atom. The van der Waals surface area contributed by atoms with Gasteiger partial charge < -0.3 is 9.84 Å². The number of benzene rings is 2. The Hall–Kier alpha value is -2.40. The average Bonchev–Trinajstić information content (AvgIpc) is 2.71. The van der Waals surface area contributed by atoms with E-state index >= 15 is 0 Å². The average molecular weight is 416 g/mol. The molecule has 0 spiro atoms. The van der Waals surface area contributed by atoms with Crippen molar-refractivity contribution in [3.05, 3.63) is 99.3 Å². The van der Waals surface area contributed by atoms with Crippen molar-refractivity contribution < 1.29 is 14.6 Å². The van der Waals surface area contributed by atoms with E-state index in [1.54, 1.807) is 43.3 Å². The van der Waals surface area contributed by atoms with Crippen LogP contribution in [0, 0.1) is 0 Å². The molecule has 0 fully saturated rings. The van der Waals surface area contributed by atoms with E-state index in [0.717, 1.165) is 11.1 Å². The molecule has 6 heteroatoms. The highest BCUT2D eigenvalue weighted by atomic mass is 35.5. The van der Waals surface area contributed by atoms with E-state index in [2.05, 4.69) is 4.98 Å². The molecule has 0 radical (unpaired) electrons. The summed E-state index contributed by atoms with van der Waals surface area (Å²) in [6, 6.07) is 17.9. The SMILES string of the molecule is CCOC(=O)c1ccc(C(O)C(c2ccc(Cl)cc2)c2ccc(Cl)cc2)nc1. The zero-order valence-electron chi connectivity index (χ0n) is 15.2. The number of nitrogens with zero attached hydrogens (tertiary/aromatic N) is 1. The maximum absolute atomic E-state index is 11.8. The van der Waals surface area contributed by atoms with E-state index < -0.39 is 12.1 Å². The molecule has 3 rings (SSSR count). The summed E-state index contributed by atoms with van der Waals surface area (Å²) in [5.41, 5.74) is 2.56. The van der Waals surface area contributed by atoms with Gasteiger partial charge in [-0.1, -0.05) is 47.5 Å². The number of halogens is 2. The third-order valence-electron chi connectivity index (χ3n) is 4.37. The molecule has 0 aliphatic carbocycles. The lowest BCUT2D eigenvalue weighted by Crippen LogP contribution is -2.14. The quantitative estimate of drug-likeness (QED) is 0.545. The van der Waals surface area contributed by atoms with Crippen LogP contribution in [0.3, 0.4) is 0 Å². The lowest BCUT2D eigenvalue weighted by atomic mass is 9.85. The number of hydrogen-bond donors (Lipinski definition) is 1. The summed E-state index contributed by atoms with van der Waals surface area (Å²) in [5, 5.41) is 12.3. The van der Waals surface area contributed by atoms with Gasteiger partial charge in [0, 0.05) is 22.2 Å². The standard InChI is InChI=1S/C22H19Cl2NO3/c1-2-28-22(27)16-7-12-19(25-13-16)21(26)20(14-3-8-17(23)9-4-14)15-5-10-18(24)11-6-15/h3-13,20-21,26H,2H2,1H3. The zero-order valence-corrected chi connectivity index (χ0v) is 16.7. The van der Waals surface area contributed by atoms with Crippen LogP contribution >= 0.6 is 23.2 Å². The molecule has 1 N–H and O–H groups in total. The maximum Gasteiger partial charge on any atom is 0.339 e. The number of carbonyl (C=O) groups excluding carboxylic acids is 1. The van der Waals surface area contributed by atoms with Gasteiger partial charge in [0.05, 0.1) is 17.9 Å². The van der Waals surface area contributed by atoms with Crippen LogP contribution in [0.4, 0.5) is 0 Å². The highest BCUT2D eigenvalue weighted by Crippen LogP contribution is 2.37. The summed E-state index contributed by atoms with van der Waals surface area (Å²) in [5.74, 6) is -0.821. The highest BCUT2D eigenvalue weighted by molar-refractivity contribution is 6.30. The minimum absolute atomic E-state index is 0.290. The van der Waals surface area contributed by atoms with Gasteiger partial charge in [0.2, 0.25) is 0 Å². The molecule has 1 unspecified atom stereocenters. The fourth-order valence-corrected chi connectivity index (χ4v) is 3.24. The topological polar surface area (TPSA) is 59.4 Å². The molecule has 4 nitrogen and oxygen atoms in total. The van der Waals surface area contributed by atoms with Crippen LogP contribution in [0.2, 0.25) is 10.0 Å². The molecule has 0 saturated heterocycles. The fourth-order valence-electron chi connectivity index (χ4n) is 2.98. The van der Waals surface area contributed by atoms with Gasteiger partial charge in [0.1, 0.15) is 6.10 Å². The smallest absolute Gasteiger partial charge is 0.339 e. The number of pyridine rings is 1. The highest BCUT2D eigenvalue weighted by Gasteiger charge is 2.26. The summed E-state index contributed by atoms with van der Waals surface area (Å²) in [4.78, 5) is 16.1. The molecule has 2 aromatic carbocycles. The second-order valence-electron chi connectivity index (χ2n) is 6.22. The van der Waals surface area contributed by atoms with Crippen LogP contribution in [0.25, 0.3) is 0 Å². The first-order chi connectivity index (χ1) is 13.5. The van der Waals surface area contributed by atoms with E-state index in [4.69, 9.17) is 27.9 Å². The van der Waals surface area contributed by atoms with Crippen LogP contribution in [0.5, 0.6) is 0 Å². The van der Waals surface area contributed by atoms with E-state index in [9.17, 15) is 9.90 Å². The first-order valence-corrected chi connectivity index (χ1v) is 9.57. The minimum Gasteiger partial charge on any atom is -0.462 e. The van der Waals surface area contributed by atoms with Gasteiger partial charge in [-0.3, -0.25) is 4.98 Å². The van der Waals surface area contributed by atoms with Gasteiger partial charge in [-0.05, 0) is 54.4 Å². The van der Waals surface area contributed by atoms with Gasteiger partial charge in [0.25, 0.3) is 0 Å². The Bertz CT molecular complexity index is 880. The second kappa shape index (κ2) is 9.20. The van der Waals surface area contributed by atoms with Crippen molar-refractivity contribution in [2.75, 3.05) is 6.61 Å². The summed E-state index contributed by atoms with van der Waals surface area (Å²) in [6.45, 7) is 2.03. The molecule has 0 saturated carbocycles. The second-order valence-corrected chi connectivity index (χ2v) is 7.09. The number of ether oxygens (including phenoxy) is 1. The van der Waals surface area contributed by atoms with Crippen molar-refractivity contribution in [3.63, 3.8) is 0 Å². The number of aromatic nitrogens is 1. The van der Waals surface area contributed by atoms with E-state index in [-0.39, 0.29) is 5.92 Å². The third kappa shape index (κ3) is 4.71. The third-order valence-corrected chi connectivity index (χ3v) is 4.88. The number of carbonyl (C=O) groups is 1. The van der Waals surface area contributed by atoms with Crippen LogP contribution in [0.1, 0.15) is 46.1 Å². The molecule has 0 aliphatic heterocycles. The van der Waals surface area contributed by atoms with Crippen molar-refractivity contribution in [1.29, 1.82) is 0 Å². The zero-order chi connectivity index (χ0) is 20.1. The Balaban J connectivity index is 1.96. The number of aliphatic hydroxyl groups excluding tert-OH is 1. The number of aliphatic hydroxyl groups is 1. The van der Waals surface area contributed by atoms with E-state index in [0.29, 0.717) is 27.9 Å². The molecule has 144 valence electrons. The minimum atomic E-state index is -0.932. The molecule has 28 heavy (non-hydrogen) atoms. The van der Waals surface area contributed by atoms with Crippen LogP contribution in [-0.2, 0) is 4.74 Å². The molecule has 0 aliphatic rings. The lowest BCUT2D eigenvalue weighted by Gasteiger charge is -2.24. The Morgan fingerprint density at radius 3 is 1.93 bits per heavy atom. The summed E-state index contributed by atoms with van der Waals surface area (Å²) in [7, 11) is 0. The summed E-state index contributed by atoms with van der Waals surface area (Å²) in [6.07, 6.45) is 0.482. The Kier molecular flexibility index (Phi) is 6.68. The molecule has 1 heterocycles.